The van der Waals surface area contributed by atoms with Crippen LogP contribution >= 0.6 is 46.9 Å². The summed E-state index contributed by atoms with van der Waals surface area (Å²) < 4.78 is 2.45. The maximum atomic E-state index is 13.3. The number of halogens is 3. The molecule has 4 nitrogen and oxygen atoms in total. The molecule has 1 aliphatic heterocycles. The van der Waals surface area contributed by atoms with Crippen LogP contribution in [0, 0.1) is 0 Å². The zero-order valence-electron chi connectivity index (χ0n) is 19.5. The van der Waals surface area contributed by atoms with E-state index in [1.807, 2.05) is 30.3 Å². The van der Waals surface area contributed by atoms with Crippen LogP contribution in [0.1, 0.15) is 30.1 Å². The molecule has 0 aliphatic carbocycles. The van der Waals surface area contributed by atoms with Crippen LogP contribution in [0.25, 0.3) is 20.2 Å². The third kappa shape index (κ3) is 5.40. The Morgan fingerprint density at radius 3 is 2.49 bits per heavy atom. The Bertz CT molecular complexity index is 1330. The van der Waals surface area contributed by atoms with Crippen molar-refractivity contribution in [3.05, 3.63) is 76.3 Å². The van der Waals surface area contributed by atoms with Gasteiger partial charge in [-0.3, -0.25) is 9.69 Å². The third-order valence-electron chi connectivity index (χ3n) is 6.53. The molecule has 1 fully saturated rings. The first-order valence-electron chi connectivity index (χ1n) is 11.7. The van der Waals surface area contributed by atoms with Gasteiger partial charge in [-0.2, -0.15) is 0 Å². The maximum Gasteiger partial charge on any atom is 0.252 e. The molecule has 0 saturated carbocycles. The highest BCUT2D eigenvalue weighted by Gasteiger charge is 2.26. The van der Waals surface area contributed by atoms with Gasteiger partial charge in [-0.05, 0) is 42.8 Å². The fourth-order valence-electron chi connectivity index (χ4n) is 4.73. The minimum Gasteiger partial charge on any atom is -0.368 e. The van der Waals surface area contributed by atoms with Crippen LogP contribution in [0.2, 0.25) is 10.0 Å². The molecule has 1 aliphatic rings. The van der Waals surface area contributed by atoms with Crippen LogP contribution in [0.15, 0.2) is 60.7 Å². The number of piperazine rings is 1. The van der Waals surface area contributed by atoms with Gasteiger partial charge in [0, 0.05) is 51.9 Å². The molecular formula is C27H28Cl3N3OS. The van der Waals surface area contributed by atoms with Crippen LogP contribution < -0.4 is 10.2 Å². The van der Waals surface area contributed by atoms with Gasteiger partial charge in [0.1, 0.15) is 0 Å². The van der Waals surface area contributed by atoms with Crippen molar-refractivity contribution in [3.63, 3.8) is 0 Å². The monoisotopic (exact) mass is 547 g/mol. The lowest BCUT2D eigenvalue weighted by atomic mass is 10.1. The molecule has 2 heterocycles. The third-order valence-corrected chi connectivity index (χ3v) is 8.49. The van der Waals surface area contributed by atoms with Crippen molar-refractivity contribution in [2.24, 2.45) is 0 Å². The lowest BCUT2D eigenvalue weighted by Gasteiger charge is -2.40. The topological polar surface area (TPSA) is 35.6 Å². The summed E-state index contributed by atoms with van der Waals surface area (Å²) >= 11 is 14.4. The Morgan fingerprint density at radius 1 is 0.971 bits per heavy atom. The number of anilines is 1. The van der Waals surface area contributed by atoms with Gasteiger partial charge in [0.15, 0.2) is 0 Å². The van der Waals surface area contributed by atoms with E-state index in [2.05, 4.69) is 52.4 Å². The summed E-state index contributed by atoms with van der Waals surface area (Å²) in [5.41, 5.74) is 1.68. The first kappa shape index (κ1) is 26.1. The van der Waals surface area contributed by atoms with Crippen LogP contribution in [-0.4, -0.2) is 43.2 Å². The van der Waals surface area contributed by atoms with Gasteiger partial charge < -0.3 is 10.2 Å². The van der Waals surface area contributed by atoms with Crippen molar-refractivity contribution >= 4 is 78.7 Å². The molecule has 1 N–H and O–H groups in total. The van der Waals surface area contributed by atoms with Gasteiger partial charge in [0.2, 0.25) is 0 Å². The maximum absolute atomic E-state index is 13.3. The fraction of sp³-hybridized carbons (Fsp3) is 0.296. The first-order chi connectivity index (χ1) is 16.5. The SMILES string of the molecule is CCCC(NC(=O)c1ccc2sc3ccccc3c2c1)N1CCN(c2cccc(Cl)c2Cl)CC1.Cl. The molecule has 3 aromatic carbocycles. The van der Waals surface area contributed by atoms with Crippen molar-refractivity contribution in [2.45, 2.75) is 25.9 Å². The lowest BCUT2D eigenvalue weighted by Crippen LogP contribution is -2.56. The normalized spacial score (nSPS) is 15.2. The second-order valence-corrected chi connectivity index (χ2v) is 10.6. The number of nitrogens with zero attached hydrogens (tertiary/aromatic N) is 2. The minimum atomic E-state index is -0.0176. The molecule has 184 valence electrons. The molecule has 1 saturated heterocycles. The summed E-state index contributed by atoms with van der Waals surface area (Å²) in [7, 11) is 0. The van der Waals surface area contributed by atoms with Crippen molar-refractivity contribution in [1.82, 2.24) is 10.2 Å². The molecule has 1 aromatic heterocycles. The smallest absolute Gasteiger partial charge is 0.252 e. The largest absolute Gasteiger partial charge is 0.368 e. The molecular weight excluding hydrogens is 521 g/mol. The lowest BCUT2D eigenvalue weighted by molar-refractivity contribution is 0.0824. The Morgan fingerprint density at radius 2 is 1.71 bits per heavy atom. The summed E-state index contributed by atoms with van der Waals surface area (Å²) in [5.74, 6) is -0.0176. The van der Waals surface area contributed by atoms with Crippen LogP contribution in [0.3, 0.4) is 0 Å². The van der Waals surface area contributed by atoms with E-state index in [0.717, 1.165) is 50.1 Å². The molecule has 0 radical (unpaired) electrons. The summed E-state index contributed by atoms with van der Waals surface area (Å²) in [6.45, 7) is 5.53. The number of benzene rings is 3. The van der Waals surface area contributed by atoms with E-state index in [9.17, 15) is 4.79 Å². The van der Waals surface area contributed by atoms with Gasteiger partial charge in [-0.15, -0.1) is 23.7 Å². The van der Waals surface area contributed by atoms with E-state index in [-0.39, 0.29) is 24.5 Å². The molecule has 0 bridgehead atoms. The Kier molecular flexibility index (Phi) is 8.46. The number of carbonyl (C=O) groups is 1. The van der Waals surface area contributed by atoms with E-state index in [1.54, 1.807) is 11.3 Å². The van der Waals surface area contributed by atoms with E-state index in [4.69, 9.17) is 23.2 Å². The van der Waals surface area contributed by atoms with Crippen LogP contribution in [0.5, 0.6) is 0 Å². The molecule has 4 aromatic rings. The van der Waals surface area contributed by atoms with Crippen LogP contribution in [-0.2, 0) is 0 Å². The van der Waals surface area contributed by atoms with Gasteiger partial charge in [0.05, 0.1) is 21.9 Å². The van der Waals surface area contributed by atoms with Gasteiger partial charge in [-0.1, -0.05) is 60.8 Å². The van der Waals surface area contributed by atoms with Crippen molar-refractivity contribution in [1.29, 1.82) is 0 Å². The predicted molar refractivity (Wildman–Crippen MR) is 153 cm³/mol. The fourth-order valence-corrected chi connectivity index (χ4v) is 6.23. The van der Waals surface area contributed by atoms with Gasteiger partial charge >= 0.3 is 0 Å². The summed E-state index contributed by atoms with van der Waals surface area (Å²) in [5, 5.41) is 6.84. The average molecular weight is 549 g/mol. The second-order valence-electron chi connectivity index (χ2n) is 8.68. The molecule has 8 heteroatoms. The number of hydrogen-bond acceptors (Lipinski definition) is 4. The molecule has 5 rings (SSSR count). The molecule has 0 spiro atoms. The molecule has 1 unspecified atom stereocenters. The summed E-state index contributed by atoms with van der Waals surface area (Å²) in [6, 6.07) is 20.2. The van der Waals surface area contributed by atoms with Crippen LogP contribution in [0.4, 0.5) is 5.69 Å². The quantitative estimate of drug-likeness (QED) is 0.272. The summed E-state index contributed by atoms with van der Waals surface area (Å²) in [4.78, 5) is 17.9. The zero-order chi connectivity index (χ0) is 23.7. The van der Waals surface area contributed by atoms with Crippen molar-refractivity contribution in [3.8, 4) is 0 Å². The number of rotatable bonds is 6. The van der Waals surface area contributed by atoms with Gasteiger partial charge in [0.25, 0.3) is 5.91 Å². The number of fused-ring (bicyclic) bond motifs is 3. The highest BCUT2D eigenvalue weighted by atomic mass is 35.5. The number of amides is 1. The second kappa shape index (κ2) is 11.4. The van der Waals surface area contributed by atoms with E-state index < -0.39 is 0 Å². The van der Waals surface area contributed by atoms with Gasteiger partial charge in [-0.25, -0.2) is 0 Å². The summed E-state index contributed by atoms with van der Waals surface area (Å²) in [6.07, 6.45) is 1.91. The van der Waals surface area contributed by atoms with Crippen molar-refractivity contribution in [2.75, 3.05) is 31.1 Å². The highest BCUT2D eigenvalue weighted by Crippen LogP contribution is 2.35. The molecule has 1 amide bonds. The van der Waals surface area contributed by atoms with E-state index >= 15 is 0 Å². The van der Waals surface area contributed by atoms with E-state index in [0.29, 0.717) is 15.6 Å². The minimum absolute atomic E-state index is 0. The first-order valence-corrected chi connectivity index (χ1v) is 13.3. The number of nitrogens with one attached hydrogen (secondary N) is 1. The standard InChI is InChI=1S/C27H27Cl2N3OS.ClH/c1-2-6-25(32-15-13-31(14-16-32)22-9-5-8-21(28)26(22)29)30-27(33)18-11-12-24-20(17-18)19-7-3-4-10-23(19)34-24;/h3-5,7-12,17,25H,2,6,13-16H2,1H3,(H,30,33);1H. The Hall–Kier alpha value is -2.02. The van der Waals surface area contributed by atoms with E-state index in [1.165, 1.54) is 14.8 Å². The Labute approximate surface area is 226 Å². The molecule has 1 atom stereocenters. The number of hydrogen-bond donors (Lipinski definition) is 1. The predicted octanol–water partition coefficient (Wildman–Crippen LogP) is 7.46. The highest BCUT2D eigenvalue weighted by molar-refractivity contribution is 7.25. The van der Waals surface area contributed by atoms with Crippen molar-refractivity contribution < 1.29 is 4.79 Å². The molecule has 35 heavy (non-hydrogen) atoms. The zero-order valence-corrected chi connectivity index (χ0v) is 22.6. The number of carbonyl (C=O) groups excluding carboxylic acids is 1. The number of thiophene rings is 1. The Balaban J connectivity index is 0.00000289. The average Bonchev–Trinajstić information content (AvgIpc) is 3.23.